The van der Waals surface area contributed by atoms with Gasteiger partial charge in [-0.25, -0.2) is 10.5 Å². The van der Waals surface area contributed by atoms with Crippen molar-refractivity contribution in [3.63, 3.8) is 0 Å². The molecule has 1 saturated carbocycles. The molecule has 2 heterocycles. The maximum Gasteiger partial charge on any atom is 0.287 e. The molecule has 0 radical (unpaired) electrons. The van der Waals surface area contributed by atoms with E-state index in [1.54, 1.807) is 0 Å². The Morgan fingerprint density at radius 3 is 2.68 bits per heavy atom. The quantitative estimate of drug-likeness (QED) is 0.277. The molecule has 1 aliphatic carbocycles. The number of nitrogens with zero attached hydrogens (tertiary/aromatic N) is 4. The summed E-state index contributed by atoms with van der Waals surface area (Å²) in [6.07, 6.45) is 2.10. The van der Waals surface area contributed by atoms with Crippen molar-refractivity contribution in [3.8, 4) is 0 Å². The summed E-state index contributed by atoms with van der Waals surface area (Å²) in [4.78, 5) is 35.9. The summed E-state index contributed by atoms with van der Waals surface area (Å²) < 4.78 is 1.40. The van der Waals surface area contributed by atoms with E-state index in [0.717, 1.165) is 0 Å². The minimum atomic E-state index is -0.541. The summed E-state index contributed by atoms with van der Waals surface area (Å²) in [5, 5.41) is 7.35. The van der Waals surface area contributed by atoms with Crippen LogP contribution in [0.25, 0.3) is 0 Å². The van der Waals surface area contributed by atoms with Crippen LogP contribution in [0.2, 0.25) is 0 Å². The van der Waals surface area contributed by atoms with Gasteiger partial charge in [-0.3, -0.25) is 24.7 Å². The highest BCUT2D eigenvalue weighted by atomic mass is 16.2. The molecule has 0 spiro atoms. The number of nitrogen functional groups attached to an aromatic ring is 1. The van der Waals surface area contributed by atoms with Gasteiger partial charge in [0.25, 0.3) is 5.91 Å². The van der Waals surface area contributed by atoms with Crippen molar-refractivity contribution >= 4 is 17.7 Å². The van der Waals surface area contributed by atoms with Crippen molar-refractivity contribution in [1.82, 2.24) is 25.3 Å². The lowest BCUT2D eigenvalue weighted by atomic mass is 10.4. The molecule has 1 aromatic rings. The summed E-state index contributed by atoms with van der Waals surface area (Å²) in [6.45, 7) is 0.555. The van der Waals surface area contributed by atoms with Gasteiger partial charge in [0.2, 0.25) is 11.8 Å². The number of imide groups is 1. The number of carbonyl (C=O) groups excluding carboxylic acids is 3. The van der Waals surface area contributed by atoms with E-state index < -0.39 is 5.91 Å². The molecule has 3 N–H and O–H groups in total. The molecule has 2 unspecified atom stereocenters. The number of nitrogens with two attached hydrogens (primary N) is 1. The fraction of sp³-hybridized carbons (Fsp3) is 0.500. The largest absolute Gasteiger partial charge is 0.289 e. The van der Waals surface area contributed by atoms with Crippen molar-refractivity contribution in [2.75, 3.05) is 6.54 Å². The van der Waals surface area contributed by atoms with Gasteiger partial charge >= 0.3 is 0 Å². The first kappa shape index (κ1) is 11.8. The van der Waals surface area contributed by atoms with Crippen molar-refractivity contribution < 1.29 is 14.4 Å². The first-order valence-corrected chi connectivity index (χ1v) is 5.88. The van der Waals surface area contributed by atoms with Gasteiger partial charge in [-0.15, -0.1) is 5.10 Å². The van der Waals surface area contributed by atoms with E-state index in [9.17, 15) is 14.4 Å². The van der Waals surface area contributed by atoms with Crippen LogP contribution in [-0.2, 0) is 16.1 Å². The Hall–Kier alpha value is -2.29. The number of likely N-dealkylation sites (tertiary alicyclic amines) is 1. The molecule has 1 saturated heterocycles. The number of hydrogen-bond acceptors (Lipinski definition) is 6. The first-order valence-electron chi connectivity index (χ1n) is 5.88. The van der Waals surface area contributed by atoms with Crippen molar-refractivity contribution in [2.24, 2.45) is 17.7 Å². The smallest absolute Gasteiger partial charge is 0.287 e. The fourth-order valence-electron chi connectivity index (χ4n) is 2.26. The van der Waals surface area contributed by atoms with Crippen LogP contribution in [0.15, 0.2) is 6.20 Å². The fourth-order valence-corrected chi connectivity index (χ4v) is 2.26. The minimum Gasteiger partial charge on any atom is -0.289 e. The second-order valence-electron chi connectivity index (χ2n) is 4.62. The van der Waals surface area contributed by atoms with Crippen LogP contribution in [0.4, 0.5) is 0 Å². The molecule has 2 fully saturated rings. The number of carbonyl (C=O) groups is 3. The summed E-state index contributed by atoms with van der Waals surface area (Å²) >= 11 is 0. The lowest BCUT2D eigenvalue weighted by Crippen LogP contribution is -2.35. The second-order valence-corrected chi connectivity index (χ2v) is 4.62. The molecule has 3 amide bonds. The van der Waals surface area contributed by atoms with Crippen LogP contribution >= 0.6 is 0 Å². The van der Waals surface area contributed by atoms with Crippen molar-refractivity contribution in [2.45, 2.75) is 13.0 Å². The Balaban J connectivity index is 1.61. The van der Waals surface area contributed by atoms with Gasteiger partial charge < -0.3 is 0 Å². The molecule has 2 atom stereocenters. The summed E-state index contributed by atoms with van der Waals surface area (Å²) in [5.41, 5.74) is 2.03. The van der Waals surface area contributed by atoms with Gasteiger partial charge in [-0.2, -0.15) is 0 Å². The number of piperidine rings is 1. The summed E-state index contributed by atoms with van der Waals surface area (Å²) in [5.74, 6) is 4.03. The number of fused-ring (bicyclic) bond motifs is 1. The molecule has 1 aliphatic heterocycles. The molecule has 0 bridgehead atoms. The van der Waals surface area contributed by atoms with E-state index in [2.05, 4.69) is 10.3 Å². The lowest BCUT2D eigenvalue weighted by molar-refractivity contribution is -0.141. The topological polar surface area (TPSA) is 123 Å². The minimum absolute atomic E-state index is 0.0874. The Morgan fingerprint density at radius 1 is 1.37 bits per heavy atom. The molecule has 19 heavy (non-hydrogen) atoms. The molecule has 2 aliphatic rings. The molecule has 1 aromatic heterocycles. The zero-order chi connectivity index (χ0) is 13.6. The number of hydrazine groups is 1. The highest BCUT2D eigenvalue weighted by Crippen LogP contribution is 2.46. The van der Waals surface area contributed by atoms with Gasteiger partial charge in [0.15, 0.2) is 5.69 Å². The van der Waals surface area contributed by atoms with Crippen LogP contribution in [0, 0.1) is 11.8 Å². The number of amides is 3. The zero-order valence-corrected chi connectivity index (χ0v) is 9.94. The third-order valence-electron chi connectivity index (χ3n) is 3.41. The molecule has 3 rings (SSSR count). The van der Waals surface area contributed by atoms with Crippen LogP contribution in [0.3, 0.4) is 0 Å². The molecular weight excluding hydrogens is 252 g/mol. The Kier molecular flexibility index (Phi) is 2.56. The first-order chi connectivity index (χ1) is 9.11. The highest BCUT2D eigenvalue weighted by molar-refractivity contribution is 6.08. The monoisotopic (exact) mass is 264 g/mol. The molecule has 0 aromatic carbocycles. The number of rotatable bonds is 4. The normalized spacial score (nSPS) is 24.6. The SMILES string of the molecule is NNC(=O)c1cn(CCN2C(=O)C3CC3C2=O)nn1. The summed E-state index contributed by atoms with van der Waals surface area (Å²) in [6, 6.07) is 0. The Labute approximate surface area is 107 Å². The van der Waals surface area contributed by atoms with E-state index in [-0.39, 0.29) is 35.9 Å². The highest BCUT2D eigenvalue weighted by Gasteiger charge is 2.58. The number of nitrogens with one attached hydrogen (secondary N) is 1. The predicted octanol–water partition coefficient (Wildman–Crippen LogP) is -2.11. The number of hydrogen-bond donors (Lipinski definition) is 2. The van der Waals surface area contributed by atoms with Gasteiger partial charge in [0.1, 0.15) is 0 Å². The van der Waals surface area contributed by atoms with Gasteiger partial charge in [-0.1, -0.05) is 5.21 Å². The van der Waals surface area contributed by atoms with Crippen LogP contribution in [0.1, 0.15) is 16.9 Å². The lowest BCUT2D eigenvalue weighted by Gasteiger charge is -2.15. The maximum absolute atomic E-state index is 11.7. The molecule has 9 nitrogen and oxygen atoms in total. The third kappa shape index (κ3) is 1.87. The average molecular weight is 264 g/mol. The van der Waals surface area contributed by atoms with Crippen LogP contribution in [-0.4, -0.2) is 44.2 Å². The predicted molar refractivity (Wildman–Crippen MR) is 60.0 cm³/mol. The van der Waals surface area contributed by atoms with Crippen LogP contribution in [0.5, 0.6) is 0 Å². The standard InChI is InChI=1S/C10H12N6O3/c11-12-8(17)7-4-15(14-13-7)1-2-16-9(18)5-3-6(5)10(16)19/h4-6H,1-3,11H2,(H,12,17). The van der Waals surface area contributed by atoms with Gasteiger partial charge in [0, 0.05) is 6.54 Å². The van der Waals surface area contributed by atoms with E-state index in [4.69, 9.17) is 5.84 Å². The average Bonchev–Trinajstić information content (AvgIpc) is 3.02. The summed E-state index contributed by atoms with van der Waals surface area (Å²) in [7, 11) is 0. The van der Waals surface area contributed by atoms with E-state index >= 15 is 0 Å². The second kappa shape index (κ2) is 4.12. The van der Waals surface area contributed by atoms with Crippen LogP contribution < -0.4 is 11.3 Å². The molecular formula is C10H12N6O3. The van der Waals surface area contributed by atoms with E-state index in [0.29, 0.717) is 13.0 Å². The van der Waals surface area contributed by atoms with Gasteiger partial charge in [-0.05, 0) is 6.42 Å². The Morgan fingerprint density at radius 2 is 2.05 bits per heavy atom. The molecule has 100 valence electrons. The van der Waals surface area contributed by atoms with Gasteiger partial charge in [0.05, 0.1) is 24.6 Å². The van der Waals surface area contributed by atoms with E-state index in [1.165, 1.54) is 15.8 Å². The molecule has 9 heteroatoms. The maximum atomic E-state index is 11.7. The Bertz CT molecular complexity index is 547. The van der Waals surface area contributed by atoms with Crippen molar-refractivity contribution in [1.29, 1.82) is 0 Å². The zero-order valence-electron chi connectivity index (χ0n) is 9.94. The van der Waals surface area contributed by atoms with Crippen molar-refractivity contribution in [3.05, 3.63) is 11.9 Å². The van der Waals surface area contributed by atoms with E-state index in [1.807, 2.05) is 5.43 Å². The third-order valence-corrected chi connectivity index (χ3v) is 3.41. The number of aromatic nitrogens is 3.